The fraction of sp³-hybridized carbons (Fsp3) is 0.727. The Hall–Kier alpha value is -0.0600. The molecule has 1 N–H and O–H groups in total. The quantitative estimate of drug-likeness (QED) is 0.860. The van der Waals surface area contributed by atoms with Gasteiger partial charge in [0, 0.05) is 28.4 Å². The van der Waals surface area contributed by atoms with Gasteiger partial charge >= 0.3 is 0 Å². The molecule has 2 aliphatic heterocycles. The standard InChI is InChI=1S/C11H16N2S2/c1-7-6-14-11(12-7)15-10-4-8-2-3-9(5-10)13-8/h6,8-10,13H,2-5H2,1H3/t8-,9-/m1/s1. The number of thiazole rings is 1. The van der Waals surface area contributed by atoms with Crippen molar-refractivity contribution in [2.45, 2.75) is 54.3 Å². The summed E-state index contributed by atoms with van der Waals surface area (Å²) in [5, 5.41) is 6.63. The van der Waals surface area contributed by atoms with Gasteiger partial charge in [0.25, 0.3) is 0 Å². The Kier molecular flexibility index (Phi) is 2.75. The monoisotopic (exact) mass is 240 g/mol. The van der Waals surface area contributed by atoms with E-state index < -0.39 is 0 Å². The molecule has 2 nitrogen and oxygen atoms in total. The molecule has 2 fully saturated rings. The molecule has 2 atom stereocenters. The second-order valence-electron chi connectivity index (χ2n) is 4.60. The zero-order valence-electron chi connectivity index (χ0n) is 8.90. The number of aryl methyl sites for hydroxylation is 1. The number of hydrogen-bond donors (Lipinski definition) is 1. The number of nitrogens with zero attached hydrogens (tertiary/aromatic N) is 1. The van der Waals surface area contributed by atoms with Crippen molar-refractivity contribution >= 4 is 23.1 Å². The third-order valence-corrected chi connectivity index (χ3v) is 5.64. The lowest BCUT2D eigenvalue weighted by atomic mass is 10.1. The van der Waals surface area contributed by atoms with Crippen LogP contribution in [-0.2, 0) is 0 Å². The van der Waals surface area contributed by atoms with Crippen molar-refractivity contribution in [3.8, 4) is 0 Å². The highest BCUT2D eigenvalue weighted by molar-refractivity contribution is 8.01. The first-order valence-electron chi connectivity index (χ1n) is 5.64. The number of nitrogens with one attached hydrogen (secondary N) is 1. The summed E-state index contributed by atoms with van der Waals surface area (Å²) in [6, 6.07) is 1.59. The van der Waals surface area contributed by atoms with Crippen LogP contribution in [0.3, 0.4) is 0 Å². The summed E-state index contributed by atoms with van der Waals surface area (Å²) >= 11 is 3.80. The average molecular weight is 240 g/mol. The summed E-state index contributed by atoms with van der Waals surface area (Å²) in [6.45, 7) is 2.08. The van der Waals surface area contributed by atoms with E-state index >= 15 is 0 Å². The molecule has 0 saturated carbocycles. The Morgan fingerprint density at radius 2 is 2.13 bits per heavy atom. The minimum Gasteiger partial charge on any atom is -0.311 e. The number of hydrogen-bond acceptors (Lipinski definition) is 4. The molecule has 2 saturated heterocycles. The highest BCUT2D eigenvalue weighted by atomic mass is 32.2. The Balaban J connectivity index is 1.64. The molecule has 0 spiro atoms. The molecule has 2 bridgehead atoms. The van der Waals surface area contributed by atoms with Crippen LogP contribution in [-0.4, -0.2) is 22.3 Å². The van der Waals surface area contributed by atoms with Crippen molar-refractivity contribution < 1.29 is 0 Å². The van der Waals surface area contributed by atoms with Gasteiger partial charge in [-0.3, -0.25) is 0 Å². The van der Waals surface area contributed by atoms with Gasteiger partial charge in [0.05, 0.1) is 0 Å². The first-order chi connectivity index (χ1) is 7.29. The Labute approximate surface area is 98.9 Å². The molecule has 2 aliphatic rings. The van der Waals surface area contributed by atoms with E-state index in [9.17, 15) is 0 Å². The Morgan fingerprint density at radius 1 is 1.40 bits per heavy atom. The van der Waals surface area contributed by atoms with Crippen LogP contribution in [0.4, 0.5) is 0 Å². The van der Waals surface area contributed by atoms with Crippen LogP contribution in [0.15, 0.2) is 9.72 Å². The summed E-state index contributed by atoms with van der Waals surface area (Å²) in [6.07, 6.45) is 5.44. The van der Waals surface area contributed by atoms with Gasteiger partial charge in [0.2, 0.25) is 0 Å². The van der Waals surface area contributed by atoms with Crippen molar-refractivity contribution in [3.05, 3.63) is 11.1 Å². The lowest BCUT2D eigenvalue weighted by Gasteiger charge is -2.27. The molecule has 3 rings (SSSR count). The third-order valence-electron chi connectivity index (χ3n) is 3.30. The average Bonchev–Trinajstić information content (AvgIpc) is 2.74. The van der Waals surface area contributed by atoms with Gasteiger partial charge < -0.3 is 5.32 Å². The van der Waals surface area contributed by atoms with Gasteiger partial charge in [-0.2, -0.15) is 0 Å². The molecule has 4 heteroatoms. The minimum absolute atomic E-state index is 0.794. The summed E-state index contributed by atoms with van der Waals surface area (Å²) in [5.74, 6) is 0. The van der Waals surface area contributed by atoms with E-state index in [0.717, 1.165) is 17.3 Å². The largest absolute Gasteiger partial charge is 0.311 e. The normalized spacial score (nSPS) is 34.6. The van der Waals surface area contributed by atoms with E-state index in [1.54, 1.807) is 11.3 Å². The molecular formula is C11H16N2S2. The maximum Gasteiger partial charge on any atom is 0.150 e. The third kappa shape index (κ3) is 2.22. The number of thioether (sulfide) groups is 1. The predicted molar refractivity (Wildman–Crippen MR) is 65.7 cm³/mol. The topological polar surface area (TPSA) is 24.9 Å². The molecule has 0 unspecified atom stereocenters. The van der Waals surface area contributed by atoms with Gasteiger partial charge in [-0.05, 0) is 32.6 Å². The highest BCUT2D eigenvalue weighted by Gasteiger charge is 2.34. The van der Waals surface area contributed by atoms with Crippen LogP contribution in [0.1, 0.15) is 31.4 Å². The van der Waals surface area contributed by atoms with Gasteiger partial charge in [-0.15, -0.1) is 11.3 Å². The molecule has 3 heterocycles. The van der Waals surface area contributed by atoms with Gasteiger partial charge in [0.1, 0.15) is 4.34 Å². The van der Waals surface area contributed by atoms with E-state index in [0.29, 0.717) is 0 Å². The SMILES string of the molecule is Cc1csc(SC2C[C@H]3CC[C@H](C2)N3)n1. The van der Waals surface area contributed by atoms with Crippen LogP contribution in [0.2, 0.25) is 0 Å². The van der Waals surface area contributed by atoms with Crippen LogP contribution < -0.4 is 5.32 Å². The summed E-state index contributed by atoms with van der Waals surface area (Å²) < 4.78 is 1.26. The molecule has 0 aliphatic carbocycles. The molecular weight excluding hydrogens is 224 g/mol. The molecule has 0 amide bonds. The minimum atomic E-state index is 0.794. The van der Waals surface area contributed by atoms with Gasteiger partial charge in [0.15, 0.2) is 0 Å². The number of fused-ring (bicyclic) bond motifs is 2. The molecule has 0 radical (unpaired) electrons. The lowest BCUT2D eigenvalue weighted by molar-refractivity contribution is 0.415. The van der Waals surface area contributed by atoms with Crippen molar-refractivity contribution in [1.82, 2.24) is 10.3 Å². The van der Waals surface area contributed by atoms with Crippen molar-refractivity contribution in [2.24, 2.45) is 0 Å². The molecule has 0 aromatic carbocycles. The first kappa shape index (κ1) is 10.1. The van der Waals surface area contributed by atoms with Gasteiger partial charge in [-0.1, -0.05) is 11.8 Å². The molecule has 1 aromatic rings. The predicted octanol–water partition coefficient (Wildman–Crippen LogP) is 2.83. The highest BCUT2D eigenvalue weighted by Crippen LogP contribution is 2.37. The maximum atomic E-state index is 4.54. The van der Waals surface area contributed by atoms with E-state index in [4.69, 9.17) is 0 Å². The van der Waals surface area contributed by atoms with E-state index in [1.807, 2.05) is 11.8 Å². The van der Waals surface area contributed by atoms with E-state index in [2.05, 4.69) is 22.6 Å². The van der Waals surface area contributed by atoms with Crippen molar-refractivity contribution in [1.29, 1.82) is 0 Å². The second kappa shape index (κ2) is 4.07. The van der Waals surface area contributed by atoms with Gasteiger partial charge in [-0.25, -0.2) is 4.98 Å². The Bertz CT molecular complexity index is 338. The van der Waals surface area contributed by atoms with Crippen LogP contribution in [0, 0.1) is 6.92 Å². The molecule has 1 aromatic heterocycles. The fourth-order valence-corrected chi connectivity index (χ4v) is 5.06. The summed E-state index contributed by atoms with van der Waals surface area (Å²) in [4.78, 5) is 4.54. The summed E-state index contributed by atoms with van der Waals surface area (Å²) in [5.41, 5.74) is 1.17. The Morgan fingerprint density at radius 3 is 2.73 bits per heavy atom. The van der Waals surface area contributed by atoms with Crippen molar-refractivity contribution in [3.63, 3.8) is 0 Å². The second-order valence-corrected chi connectivity index (χ2v) is 7.01. The van der Waals surface area contributed by atoms with E-state index in [-0.39, 0.29) is 0 Å². The number of piperidine rings is 1. The number of rotatable bonds is 2. The smallest absolute Gasteiger partial charge is 0.150 e. The lowest BCUT2D eigenvalue weighted by Crippen LogP contribution is -2.39. The van der Waals surface area contributed by atoms with Crippen LogP contribution >= 0.6 is 23.1 Å². The van der Waals surface area contributed by atoms with Crippen LogP contribution in [0.25, 0.3) is 0 Å². The fourth-order valence-electron chi connectivity index (χ4n) is 2.63. The maximum absolute atomic E-state index is 4.54. The van der Waals surface area contributed by atoms with Crippen LogP contribution in [0.5, 0.6) is 0 Å². The van der Waals surface area contributed by atoms with Crippen molar-refractivity contribution in [2.75, 3.05) is 0 Å². The molecule has 15 heavy (non-hydrogen) atoms. The first-order valence-corrected chi connectivity index (χ1v) is 7.40. The summed E-state index contributed by atoms with van der Waals surface area (Å²) in [7, 11) is 0. The number of aromatic nitrogens is 1. The van der Waals surface area contributed by atoms with E-state index in [1.165, 1.54) is 35.7 Å². The zero-order valence-corrected chi connectivity index (χ0v) is 10.5. The zero-order chi connectivity index (χ0) is 10.3. The molecule has 82 valence electrons.